The number of amides is 1. The topological polar surface area (TPSA) is 75.7 Å². The molecule has 0 aromatic heterocycles. The quantitative estimate of drug-likeness (QED) is 0.618. The van der Waals surface area contributed by atoms with Gasteiger partial charge in [0, 0.05) is 6.54 Å². The molecular formula is C21H28N2O4S. The summed E-state index contributed by atoms with van der Waals surface area (Å²) in [4.78, 5) is 12.5. The van der Waals surface area contributed by atoms with Gasteiger partial charge in [-0.25, -0.2) is 8.42 Å². The Morgan fingerprint density at radius 3 is 2.32 bits per heavy atom. The fourth-order valence-corrected chi connectivity index (χ4v) is 4.14. The molecule has 0 aliphatic rings. The van der Waals surface area contributed by atoms with E-state index in [1.165, 1.54) is 5.56 Å². The maximum atomic E-state index is 12.5. The van der Waals surface area contributed by atoms with Gasteiger partial charge in [0.1, 0.15) is 11.8 Å². The van der Waals surface area contributed by atoms with Crippen molar-refractivity contribution in [3.05, 3.63) is 60.2 Å². The van der Waals surface area contributed by atoms with Crippen molar-refractivity contribution < 1.29 is 17.9 Å². The minimum absolute atomic E-state index is 0.327. The molecular weight excluding hydrogens is 376 g/mol. The summed E-state index contributed by atoms with van der Waals surface area (Å²) >= 11 is 0. The van der Waals surface area contributed by atoms with E-state index >= 15 is 0 Å². The first kappa shape index (κ1) is 21.8. The minimum atomic E-state index is -3.63. The molecule has 0 unspecified atom stereocenters. The van der Waals surface area contributed by atoms with Crippen LogP contribution in [0.25, 0.3) is 0 Å². The molecule has 6 nitrogen and oxygen atoms in total. The van der Waals surface area contributed by atoms with Crippen LogP contribution in [0.3, 0.4) is 0 Å². The van der Waals surface area contributed by atoms with Gasteiger partial charge in [-0.2, -0.15) is 0 Å². The molecule has 0 radical (unpaired) electrons. The van der Waals surface area contributed by atoms with E-state index in [4.69, 9.17) is 4.74 Å². The van der Waals surface area contributed by atoms with Crippen LogP contribution in [0.4, 0.5) is 5.69 Å². The molecule has 152 valence electrons. The summed E-state index contributed by atoms with van der Waals surface area (Å²) in [6.45, 7) is 4.47. The summed E-state index contributed by atoms with van der Waals surface area (Å²) in [7, 11) is -3.63. The van der Waals surface area contributed by atoms with E-state index < -0.39 is 16.1 Å². The Morgan fingerprint density at radius 2 is 1.75 bits per heavy atom. The molecule has 28 heavy (non-hydrogen) atoms. The second kappa shape index (κ2) is 10.1. The number of benzene rings is 2. The fourth-order valence-electron chi connectivity index (χ4n) is 2.96. The Hall–Kier alpha value is -2.54. The largest absolute Gasteiger partial charge is 0.494 e. The lowest BCUT2D eigenvalue weighted by molar-refractivity contribution is -0.121. The third-order valence-corrected chi connectivity index (χ3v) is 5.52. The van der Waals surface area contributed by atoms with Crippen LogP contribution in [-0.2, 0) is 21.2 Å². The van der Waals surface area contributed by atoms with Gasteiger partial charge in [0.25, 0.3) is 0 Å². The second-order valence-electron chi connectivity index (χ2n) is 6.54. The molecule has 0 saturated heterocycles. The van der Waals surface area contributed by atoms with Crippen LogP contribution < -0.4 is 14.4 Å². The standard InChI is InChI=1S/C21H28N2O4S/c1-4-27-20-14-12-19(13-15-20)23(28(3,25)26)17(2)21(24)22-16-8-11-18-9-6-5-7-10-18/h5-7,9-10,12-15,17H,4,8,11,16H2,1-3H3,(H,22,24)/t17-/m0/s1. The molecule has 0 saturated carbocycles. The Kier molecular flexibility index (Phi) is 7.87. The molecule has 2 aromatic carbocycles. The van der Waals surface area contributed by atoms with Crippen LogP contribution in [-0.4, -0.2) is 39.8 Å². The van der Waals surface area contributed by atoms with Gasteiger partial charge >= 0.3 is 0 Å². The first-order chi connectivity index (χ1) is 13.3. The number of nitrogens with one attached hydrogen (secondary N) is 1. The molecule has 0 aliphatic heterocycles. The smallest absolute Gasteiger partial charge is 0.243 e. The van der Waals surface area contributed by atoms with E-state index in [2.05, 4.69) is 5.32 Å². The molecule has 7 heteroatoms. The molecule has 2 rings (SSSR count). The summed E-state index contributed by atoms with van der Waals surface area (Å²) in [5.74, 6) is 0.324. The second-order valence-corrected chi connectivity index (χ2v) is 8.40. The number of aryl methyl sites for hydroxylation is 1. The molecule has 0 bridgehead atoms. The van der Waals surface area contributed by atoms with Crippen molar-refractivity contribution in [3.63, 3.8) is 0 Å². The maximum Gasteiger partial charge on any atom is 0.243 e. The number of ether oxygens (including phenoxy) is 1. The number of carbonyl (C=O) groups is 1. The molecule has 0 spiro atoms. The van der Waals surface area contributed by atoms with Crippen LogP contribution in [0.2, 0.25) is 0 Å². The van der Waals surface area contributed by atoms with Crippen LogP contribution in [0, 0.1) is 0 Å². The molecule has 1 N–H and O–H groups in total. The number of carbonyl (C=O) groups excluding carboxylic acids is 1. The van der Waals surface area contributed by atoms with Crippen molar-refractivity contribution in [2.24, 2.45) is 0 Å². The van der Waals surface area contributed by atoms with Gasteiger partial charge in [0.05, 0.1) is 18.6 Å². The zero-order valence-corrected chi connectivity index (χ0v) is 17.4. The summed E-state index contributed by atoms with van der Waals surface area (Å²) in [6.07, 6.45) is 2.73. The highest BCUT2D eigenvalue weighted by molar-refractivity contribution is 7.92. The average molecular weight is 405 g/mol. The summed E-state index contributed by atoms with van der Waals surface area (Å²) in [5.41, 5.74) is 1.63. The number of nitrogens with zero attached hydrogens (tertiary/aromatic N) is 1. The van der Waals surface area contributed by atoms with Gasteiger partial charge in [-0.1, -0.05) is 30.3 Å². The molecule has 2 aromatic rings. The third-order valence-electron chi connectivity index (χ3n) is 4.27. The number of sulfonamides is 1. The summed E-state index contributed by atoms with van der Waals surface area (Å²) in [5, 5.41) is 2.84. The predicted octanol–water partition coefficient (Wildman–Crippen LogP) is 2.99. The maximum absolute atomic E-state index is 12.5. The van der Waals surface area contributed by atoms with Crippen LogP contribution >= 0.6 is 0 Å². The monoisotopic (exact) mass is 404 g/mol. The van der Waals surface area contributed by atoms with Crippen molar-refractivity contribution >= 4 is 21.6 Å². The number of hydrogen-bond donors (Lipinski definition) is 1. The predicted molar refractivity (Wildman–Crippen MR) is 112 cm³/mol. The Morgan fingerprint density at radius 1 is 1.11 bits per heavy atom. The van der Waals surface area contributed by atoms with Gasteiger partial charge in [-0.3, -0.25) is 9.10 Å². The highest BCUT2D eigenvalue weighted by Gasteiger charge is 2.28. The lowest BCUT2D eigenvalue weighted by atomic mass is 10.1. The van der Waals surface area contributed by atoms with E-state index in [1.807, 2.05) is 37.3 Å². The first-order valence-electron chi connectivity index (χ1n) is 9.37. The molecule has 1 atom stereocenters. The normalized spacial score (nSPS) is 12.2. The SMILES string of the molecule is CCOc1ccc(N([C@@H](C)C(=O)NCCCc2ccccc2)S(C)(=O)=O)cc1. The van der Waals surface area contributed by atoms with Crippen molar-refractivity contribution in [1.29, 1.82) is 0 Å². The number of rotatable bonds is 10. The Labute approximate surface area is 167 Å². The van der Waals surface area contributed by atoms with E-state index in [9.17, 15) is 13.2 Å². The van der Waals surface area contributed by atoms with Gasteiger partial charge in [-0.15, -0.1) is 0 Å². The summed E-state index contributed by atoms with van der Waals surface area (Å²) in [6, 6.07) is 15.8. The minimum Gasteiger partial charge on any atom is -0.494 e. The third kappa shape index (κ3) is 6.27. The van der Waals surface area contributed by atoms with Crippen molar-refractivity contribution in [2.75, 3.05) is 23.7 Å². The van der Waals surface area contributed by atoms with Crippen LogP contribution in [0.15, 0.2) is 54.6 Å². The lowest BCUT2D eigenvalue weighted by Gasteiger charge is -2.28. The van der Waals surface area contributed by atoms with Crippen molar-refractivity contribution in [1.82, 2.24) is 5.32 Å². The highest BCUT2D eigenvalue weighted by Crippen LogP contribution is 2.24. The van der Waals surface area contributed by atoms with Crippen LogP contribution in [0.5, 0.6) is 5.75 Å². The first-order valence-corrected chi connectivity index (χ1v) is 11.2. The van der Waals surface area contributed by atoms with Gasteiger partial charge in [0.15, 0.2) is 0 Å². The molecule has 0 heterocycles. The summed E-state index contributed by atoms with van der Waals surface area (Å²) < 4.78 is 31.2. The zero-order valence-electron chi connectivity index (χ0n) is 16.6. The van der Waals surface area contributed by atoms with E-state index in [-0.39, 0.29) is 5.91 Å². The van der Waals surface area contributed by atoms with Crippen LogP contribution in [0.1, 0.15) is 25.8 Å². The molecule has 0 fully saturated rings. The van der Waals surface area contributed by atoms with E-state index in [0.717, 1.165) is 23.4 Å². The zero-order chi connectivity index (χ0) is 20.6. The number of hydrogen-bond acceptors (Lipinski definition) is 4. The van der Waals surface area contributed by atoms with E-state index in [0.29, 0.717) is 24.6 Å². The average Bonchev–Trinajstić information content (AvgIpc) is 2.66. The Balaban J connectivity index is 1.99. The van der Waals surface area contributed by atoms with Crippen molar-refractivity contribution in [2.45, 2.75) is 32.7 Å². The lowest BCUT2D eigenvalue weighted by Crippen LogP contribution is -2.48. The van der Waals surface area contributed by atoms with E-state index in [1.54, 1.807) is 31.2 Å². The van der Waals surface area contributed by atoms with Gasteiger partial charge in [-0.05, 0) is 56.5 Å². The number of anilines is 1. The molecule has 0 aliphatic carbocycles. The highest BCUT2D eigenvalue weighted by atomic mass is 32.2. The fraction of sp³-hybridized carbons (Fsp3) is 0.381. The van der Waals surface area contributed by atoms with Gasteiger partial charge in [0.2, 0.25) is 15.9 Å². The van der Waals surface area contributed by atoms with Gasteiger partial charge < -0.3 is 10.1 Å². The van der Waals surface area contributed by atoms with Crippen molar-refractivity contribution in [3.8, 4) is 5.75 Å². The Bertz CT molecular complexity index is 852. The molecule has 1 amide bonds.